The molecule has 0 radical (unpaired) electrons. The predicted molar refractivity (Wildman–Crippen MR) is 194 cm³/mol. The van der Waals surface area contributed by atoms with Crippen molar-refractivity contribution in [1.82, 2.24) is 15.0 Å². The largest absolute Gasteiger partial charge is 0.493 e. The minimum absolute atomic E-state index is 0.00382. The summed E-state index contributed by atoms with van der Waals surface area (Å²) in [6.45, 7) is 7.57. The number of aromatic nitrogens is 3. The molecular formula is C36H29N3O9S3. The zero-order chi connectivity index (χ0) is 36.2. The van der Waals surface area contributed by atoms with E-state index in [0.717, 1.165) is 45.2 Å². The number of methoxy groups -OCH3 is 1. The number of rotatable bonds is 11. The Hall–Kier alpha value is -5.51. The van der Waals surface area contributed by atoms with Gasteiger partial charge in [0.2, 0.25) is 20.5 Å². The van der Waals surface area contributed by atoms with Gasteiger partial charge in [-0.3, -0.25) is 4.79 Å². The maximum absolute atomic E-state index is 14.9. The summed E-state index contributed by atoms with van der Waals surface area (Å²) in [7, 11) is 1.40. The molecular weight excluding hydrogens is 715 g/mol. The Balaban J connectivity index is 1.67. The number of allylic oxidation sites excluding steroid dienone is 4. The smallest absolute Gasteiger partial charge is 0.372 e. The molecule has 6 rings (SSSR count). The Morgan fingerprint density at radius 2 is 1.14 bits per heavy atom. The first-order valence-electron chi connectivity index (χ1n) is 15.3. The van der Waals surface area contributed by atoms with E-state index in [-0.39, 0.29) is 78.4 Å². The van der Waals surface area contributed by atoms with Crippen molar-refractivity contribution in [2.75, 3.05) is 7.11 Å². The normalized spacial score (nSPS) is 10.9. The van der Waals surface area contributed by atoms with Crippen LogP contribution in [0.2, 0.25) is 0 Å². The first-order chi connectivity index (χ1) is 24.5. The van der Waals surface area contributed by atoms with Crippen LogP contribution in [0, 0.1) is 0 Å². The SMILES string of the molecule is COc1c(OC(=O)c2nccs2)cc2oc3cc(OC(=O)c4nccs4)c(CC=C(C)C)c(OC(=O)c4nccs4)c3c(=O)c2c1CC=C(C)C. The van der Waals surface area contributed by atoms with Crippen LogP contribution in [-0.2, 0) is 12.8 Å². The highest BCUT2D eigenvalue weighted by Gasteiger charge is 2.29. The van der Waals surface area contributed by atoms with Crippen molar-refractivity contribution < 1.29 is 37.7 Å². The highest BCUT2D eigenvalue weighted by Crippen LogP contribution is 2.43. The van der Waals surface area contributed by atoms with E-state index in [1.54, 1.807) is 16.1 Å². The van der Waals surface area contributed by atoms with Crippen LogP contribution in [-0.4, -0.2) is 40.0 Å². The maximum atomic E-state index is 14.9. The summed E-state index contributed by atoms with van der Waals surface area (Å²) in [4.78, 5) is 66.7. The molecule has 12 nitrogen and oxygen atoms in total. The number of carbonyl (C=O) groups excluding carboxylic acids is 3. The van der Waals surface area contributed by atoms with Gasteiger partial charge in [0.15, 0.2) is 17.2 Å². The summed E-state index contributed by atoms with van der Waals surface area (Å²) < 4.78 is 29.7. The van der Waals surface area contributed by atoms with E-state index in [1.165, 1.54) is 37.8 Å². The van der Waals surface area contributed by atoms with Gasteiger partial charge in [-0.1, -0.05) is 23.3 Å². The molecule has 51 heavy (non-hydrogen) atoms. The van der Waals surface area contributed by atoms with Crippen LogP contribution in [0.1, 0.15) is 68.2 Å². The summed E-state index contributed by atoms with van der Waals surface area (Å²) >= 11 is 3.25. The second-order valence-electron chi connectivity index (χ2n) is 11.4. The van der Waals surface area contributed by atoms with Gasteiger partial charge in [-0.05, 0) is 40.5 Å². The number of esters is 3. The third-order valence-corrected chi connectivity index (χ3v) is 9.60. The van der Waals surface area contributed by atoms with E-state index >= 15 is 0 Å². The standard InChI is InChI=1S/C36H29N3O9S3/c1-18(2)6-8-20-22(46-34(41)31-37-10-13-49-31)16-24-27(30(20)48-36(43)33-39-12-15-51-33)28(40)26-21(9-7-19(3)4)29(44-5)25(17-23(26)45-24)47-35(42)32-38-11-14-50-32/h6-7,10-17H,8-9H2,1-5H3. The molecule has 0 amide bonds. The maximum Gasteiger partial charge on any atom is 0.372 e. The number of thiazole rings is 3. The summed E-state index contributed by atoms with van der Waals surface area (Å²) in [5, 5.41) is 5.18. The van der Waals surface area contributed by atoms with Gasteiger partial charge >= 0.3 is 17.9 Å². The number of fused-ring (bicyclic) bond motifs is 2. The predicted octanol–water partition coefficient (Wildman–Crippen LogP) is 8.00. The third-order valence-electron chi connectivity index (χ3n) is 7.34. The second kappa shape index (κ2) is 15.2. The Labute approximate surface area is 302 Å². The van der Waals surface area contributed by atoms with Gasteiger partial charge in [-0.15, -0.1) is 34.0 Å². The first kappa shape index (κ1) is 35.3. The summed E-state index contributed by atoms with van der Waals surface area (Å²) in [5.74, 6) is -2.34. The lowest BCUT2D eigenvalue weighted by atomic mass is 9.98. The molecule has 0 aliphatic rings. The molecule has 0 unspecified atom stereocenters. The van der Waals surface area contributed by atoms with Crippen LogP contribution in [0.15, 0.2) is 79.4 Å². The average Bonchev–Trinajstić information content (AvgIpc) is 3.91. The van der Waals surface area contributed by atoms with E-state index in [4.69, 9.17) is 23.4 Å². The van der Waals surface area contributed by atoms with Crippen molar-refractivity contribution in [2.45, 2.75) is 40.5 Å². The number of hydrogen-bond acceptors (Lipinski definition) is 15. The van der Waals surface area contributed by atoms with E-state index in [1.807, 2.05) is 39.8 Å². The number of carbonyl (C=O) groups is 3. The van der Waals surface area contributed by atoms with Crippen molar-refractivity contribution in [3.63, 3.8) is 0 Å². The van der Waals surface area contributed by atoms with Crippen LogP contribution in [0.3, 0.4) is 0 Å². The van der Waals surface area contributed by atoms with Crippen molar-refractivity contribution in [3.05, 3.63) is 107 Å². The number of nitrogens with zero attached hydrogens (tertiary/aromatic N) is 3. The molecule has 0 saturated heterocycles. The summed E-state index contributed by atoms with van der Waals surface area (Å²) in [6.07, 6.45) is 8.46. The van der Waals surface area contributed by atoms with Gasteiger partial charge in [-0.25, -0.2) is 29.3 Å². The molecule has 15 heteroatoms. The quantitative estimate of drug-likeness (QED) is 0.0546. The molecule has 0 aliphatic carbocycles. The van der Waals surface area contributed by atoms with E-state index in [9.17, 15) is 19.2 Å². The number of benzene rings is 2. The highest BCUT2D eigenvalue weighted by molar-refractivity contribution is 7.12. The zero-order valence-electron chi connectivity index (χ0n) is 27.9. The van der Waals surface area contributed by atoms with Gasteiger partial charge in [0.1, 0.15) is 22.3 Å². The number of ether oxygens (including phenoxy) is 4. The lowest BCUT2D eigenvalue weighted by Crippen LogP contribution is -2.16. The van der Waals surface area contributed by atoms with E-state index in [2.05, 4.69) is 15.0 Å². The zero-order valence-corrected chi connectivity index (χ0v) is 30.4. The molecule has 6 aromatic rings. The summed E-state index contributed by atoms with van der Waals surface area (Å²) in [6, 6.07) is 2.78. The lowest BCUT2D eigenvalue weighted by Gasteiger charge is -2.18. The van der Waals surface area contributed by atoms with Crippen LogP contribution in [0.4, 0.5) is 0 Å². The van der Waals surface area contributed by atoms with Gasteiger partial charge in [-0.2, -0.15) is 0 Å². The molecule has 0 spiro atoms. The van der Waals surface area contributed by atoms with Crippen molar-refractivity contribution >= 4 is 73.9 Å². The fourth-order valence-electron chi connectivity index (χ4n) is 5.09. The highest BCUT2D eigenvalue weighted by atomic mass is 32.1. The minimum atomic E-state index is -0.820. The van der Waals surface area contributed by atoms with Gasteiger partial charge in [0, 0.05) is 58.0 Å². The van der Waals surface area contributed by atoms with Crippen LogP contribution >= 0.6 is 34.0 Å². The van der Waals surface area contributed by atoms with Crippen LogP contribution in [0.25, 0.3) is 21.9 Å². The topological polar surface area (TPSA) is 157 Å². The van der Waals surface area contributed by atoms with E-state index in [0.29, 0.717) is 5.56 Å². The molecule has 260 valence electrons. The molecule has 0 saturated carbocycles. The second-order valence-corrected chi connectivity index (χ2v) is 14.1. The van der Waals surface area contributed by atoms with Crippen molar-refractivity contribution in [1.29, 1.82) is 0 Å². The Bertz CT molecular complexity index is 2390. The average molecular weight is 744 g/mol. The fraction of sp³-hybridized carbons (Fsp3) is 0.194. The van der Waals surface area contributed by atoms with Crippen LogP contribution in [0.5, 0.6) is 23.0 Å². The molecule has 4 aromatic heterocycles. The van der Waals surface area contributed by atoms with Gasteiger partial charge in [0.25, 0.3) is 0 Å². The van der Waals surface area contributed by atoms with Crippen LogP contribution < -0.4 is 24.4 Å². The van der Waals surface area contributed by atoms with Crippen molar-refractivity contribution in [3.8, 4) is 23.0 Å². The molecule has 0 bridgehead atoms. The molecule has 0 N–H and O–H groups in total. The molecule has 2 aromatic carbocycles. The number of hydrogen-bond donors (Lipinski definition) is 0. The molecule has 4 heterocycles. The van der Waals surface area contributed by atoms with Gasteiger partial charge < -0.3 is 23.4 Å². The molecule has 0 fully saturated rings. The summed E-state index contributed by atoms with van der Waals surface area (Å²) in [5.41, 5.74) is 1.91. The monoisotopic (exact) mass is 743 g/mol. The Kier molecular flexibility index (Phi) is 10.5. The van der Waals surface area contributed by atoms with Crippen molar-refractivity contribution in [2.24, 2.45) is 0 Å². The van der Waals surface area contributed by atoms with E-state index < -0.39 is 23.3 Å². The lowest BCUT2D eigenvalue weighted by molar-refractivity contribution is 0.0717. The first-order valence-corrected chi connectivity index (χ1v) is 18.0. The minimum Gasteiger partial charge on any atom is -0.493 e. The molecule has 0 atom stereocenters. The Morgan fingerprint density at radius 3 is 1.63 bits per heavy atom. The molecule has 0 aliphatic heterocycles. The fourth-order valence-corrected chi connectivity index (χ4v) is 6.62. The van der Waals surface area contributed by atoms with Gasteiger partial charge in [0.05, 0.1) is 12.5 Å². The Morgan fingerprint density at radius 1 is 0.667 bits per heavy atom. The third kappa shape index (κ3) is 7.50.